The van der Waals surface area contributed by atoms with Crippen molar-refractivity contribution in [2.75, 3.05) is 0 Å². The molecule has 4 bridgehead atoms. The van der Waals surface area contributed by atoms with Gasteiger partial charge in [0, 0.05) is 22.2 Å². The number of aromatic nitrogens is 1. The van der Waals surface area contributed by atoms with Crippen LogP contribution in [0.25, 0.3) is 11.1 Å². The monoisotopic (exact) mass is 321 g/mol. The first-order valence-corrected chi connectivity index (χ1v) is 9.40. The van der Waals surface area contributed by atoms with Gasteiger partial charge in [0.05, 0.1) is 5.69 Å². The first kappa shape index (κ1) is 13.0. The van der Waals surface area contributed by atoms with Gasteiger partial charge < -0.3 is 0 Å². The summed E-state index contributed by atoms with van der Waals surface area (Å²) in [5, 5.41) is 0.879. The molecule has 0 saturated heterocycles. The van der Waals surface area contributed by atoms with Crippen LogP contribution in [0.2, 0.25) is 5.02 Å². The fourth-order valence-electron chi connectivity index (χ4n) is 6.93. The molecule has 0 amide bonds. The van der Waals surface area contributed by atoms with E-state index in [9.17, 15) is 0 Å². The minimum absolute atomic E-state index is 0.157. The highest BCUT2D eigenvalue weighted by molar-refractivity contribution is 6.30. The normalized spacial score (nSPS) is 38.8. The highest BCUT2D eigenvalue weighted by Crippen LogP contribution is 2.68. The lowest BCUT2D eigenvalue weighted by Crippen LogP contribution is -2.55. The van der Waals surface area contributed by atoms with Crippen LogP contribution in [0.15, 0.2) is 36.5 Å². The number of rotatable bonds is 0. The Morgan fingerprint density at radius 2 is 1.65 bits per heavy atom. The Morgan fingerprint density at radius 3 is 2.39 bits per heavy atom. The Morgan fingerprint density at radius 1 is 0.913 bits per heavy atom. The summed E-state index contributed by atoms with van der Waals surface area (Å²) in [6.07, 6.45) is 9.08. The molecule has 1 aromatic heterocycles. The van der Waals surface area contributed by atoms with Crippen LogP contribution in [0.1, 0.15) is 43.4 Å². The van der Waals surface area contributed by atoms with Gasteiger partial charge in [-0.1, -0.05) is 23.7 Å². The van der Waals surface area contributed by atoms with Crippen LogP contribution in [-0.2, 0) is 5.41 Å². The maximum Gasteiger partial charge on any atom is 0.0593 e. The van der Waals surface area contributed by atoms with E-state index in [1.54, 1.807) is 0 Å². The molecule has 116 valence electrons. The average Bonchev–Trinajstić information content (AvgIpc) is 2.83. The van der Waals surface area contributed by atoms with E-state index in [1.807, 2.05) is 12.3 Å². The van der Waals surface area contributed by atoms with E-state index in [1.165, 1.54) is 54.5 Å². The second kappa shape index (κ2) is 4.19. The molecule has 5 aliphatic carbocycles. The molecule has 0 radical (unpaired) electrons. The molecular formula is C21H20ClN. The zero-order valence-corrected chi connectivity index (χ0v) is 13.9. The fraction of sp³-hybridized carbons (Fsp3) is 0.476. The molecule has 0 aliphatic heterocycles. The second-order valence-corrected chi connectivity index (χ2v) is 8.70. The van der Waals surface area contributed by atoms with Crippen LogP contribution in [0.3, 0.4) is 0 Å². The Kier molecular flexibility index (Phi) is 2.37. The van der Waals surface area contributed by atoms with Crippen LogP contribution in [0, 0.1) is 23.7 Å². The fourth-order valence-corrected chi connectivity index (χ4v) is 7.10. The van der Waals surface area contributed by atoms with Crippen LogP contribution >= 0.6 is 11.6 Å². The minimum atomic E-state index is 0.157. The Bertz CT molecular complexity index is 796. The third-order valence-electron chi connectivity index (χ3n) is 7.34. The number of fused-ring (bicyclic) bond motifs is 3. The first-order valence-electron chi connectivity index (χ1n) is 9.02. The largest absolute Gasteiger partial charge is 0.260 e. The van der Waals surface area contributed by atoms with E-state index in [2.05, 4.69) is 24.3 Å². The molecule has 2 aromatic rings. The van der Waals surface area contributed by atoms with E-state index >= 15 is 0 Å². The number of hydrogen-bond donors (Lipinski definition) is 0. The summed E-state index contributed by atoms with van der Waals surface area (Å²) in [5.74, 6) is 3.48. The van der Waals surface area contributed by atoms with Crippen LogP contribution < -0.4 is 0 Å². The topological polar surface area (TPSA) is 12.9 Å². The number of halogens is 1. The number of benzene rings is 1. The van der Waals surface area contributed by atoms with Crippen molar-refractivity contribution < 1.29 is 0 Å². The average molecular weight is 322 g/mol. The minimum Gasteiger partial charge on any atom is -0.260 e. The maximum absolute atomic E-state index is 6.44. The SMILES string of the molecule is Clc1ccc2c(c1)C1(c3ncccc3-2)C2CC3CC(C2)CC1C3. The van der Waals surface area contributed by atoms with Gasteiger partial charge in [-0.05, 0) is 85.1 Å². The third-order valence-corrected chi connectivity index (χ3v) is 7.58. The number of nitrogens with zero attached hydrogens (tertiary/aromatic N) is 1. The van der Waals surface area contributed by atoms with Crippen molar-refractivity contribution in [2.24, 2.45) is 23.7 Å². The molecule has 1 heterocycles. The summed E-state index contributed by atoms with van der Waals surface area (Å²) >= 11 is 6.44. The molecule has 1 spiro atoms. The Labute approximate surface area is 142 Å². The summed E-state index contributed by atoms with van der Waals surface area (Å²) in [7, 11) is 0. The molecular weight excluding hydrogens is 302 g/mol. The van der Waals surface area contributed by atoms with Crippen molar-refractivity contribution in [3.8, 4) is 11.1 Å². The van der Waals surface area contributed by atoms with Crippen LogP contribution in [-0.4, -0.2) is 4.98 Å². The lowest BCUT2D eigenvalue weighted by atomic mass is 9.43. The quantitative estimate of drug-likeness (QED) is 0.628. The Balaban J connectivity index is 1.69. The van der Waals surface area contributed by atoms with Crippen LogP contribution in [0.5, 0.6) is 0 Å². The van der Waals surface area contributed by atoms with Gasteiger partial charge in [0.25, 0.3) is 0 Å². The zero-order chi connectivity index (χ0) is 15.2. The standard InChI is InChI=1S/C21H20ClN/c22-16-3-4-17-18-2-1-5-23-20(18)21(19(17)11-16)14-7-12-6-13(9-14)10-15(21)8-12/h1-5,11-15H,6-10H2. The predicted molar refractivity (Wildman–Crippen MR) is 92.5 cm³/mol. The van der Waals surface area contributed by atoms with Gasteiger partial charge in [0.15, 0.2) is 0 Å². The van der Waals surface area contributed by atoms with E-state index in [0.717, 1.165) is 28.7 Å². The van der Waals surface area contributed by atoms with Crippen molar-refractivity contribution in [1.82, 2.24) is 4.98 Å². The van der Waals surface area contributed by atoms with Crippen molar-refractivity contribution in [1.29, 1.82) is 0 Å². The summed E-state index contributed by atoms with van der Waals surface area (Å²) in [6, 6.07) is 10.9. The van der Waals surface area contributed by atoms with E-state index in [4.69, 9.17) is 16.6 Å². The third kappa shape index (κ3) is 1.44. The van der Waals surface area contributed by atoms with Gasteiger partial charge >= 0.3 is 0 Å². The van der Waals surface area contributed by atoms with Gasteiger partial charge in [-0.3, -0.25) is 4.98 Å². The van der Waals surface area contributed by atoms with Gasteiger partial charge in [0.1, 0.15) is 0 Å². The maximum atomic E-state index is 6.44. The first-order chi connectivity index (χ1) is 11.3. The van der Waals surface area contributed by atoms with Crippen molar-refractivity contribution >= 4 is 11.6 Å². The lowest BCUT2D eigenvalue weighted by molar-refractivity contribution is -0.0415. The van der Waals surface area contributed by atoms with Gasteiger partial charge in [0.2, 0.25) is 0 Å². The summed E-state index contributed by atoms with van der Waals surface area (Å²) < 4.78 is 0. The summed E-state index contributed by atoms with van der Waals surface area (Å²) in [4.78, 5) is 4.96. The molecule has 0 atom stereocenters. The summed E-state index contributed by atoms with van der Waals surface area (Å²) in [6.45, 7) is 0. The molecule has 7 rings (SSSR count). The molecule has 0 N–H and O–H groups in total. The summed E-state index contributed by atoms with van der Waals surface area (Å²) in [5.41, 5.74) is 5.78. The molecule has 1 aromatic carbocycles. The number of hydrogen-bond acceptors (Lipinski definition) is 1. The van der Waals surface area contributed by atoms with E-state index < -0.39 is 0 Å². The Hall–Kier alpha value is -1.34. The molecule has 2 heteroatoms. The van der Waals surface area contributed by atoms with Crippen molar-refractivity contribution in [3.63, 3.8) is 0 Å². The molecule has 23 heavy (non-hydrogen) atoms. The lowest BCUT2D eigenvalue weighted by Gasteiger charge is -2.60. The van der Waals surface area contributed by atoms with E-state index in [0.29, 0.717) is 0 Å². The highest BCUT2D eigenvalue weighted by Gasteiger charge is 2.62. The van der Waals surface area contributed by atoms with Crippen LogP contribution in [0.4, 0.5) is 0 Å². The van der Waals surface area contributed by atoms with E-state index in [-0.39, 0.29) is 5.41 Å². The van der Waals surface area contributed by atoms with Crippen molar-refractivity contribution in [2.45, 2.75) is 37.5 Å². The van der Waals surface area contributed by atoms with Gasteiger partial charge in [-0.15, -0.1) is 0 Å². The number of pyridine rings is 1. The van der Waals surface area contributed by atoms with Gasteiger partial charge in [-0.2, -0.15) is 0 Å². The molecule has 4 fully saturated rings. The predicted octanol–water partition coefficient (Wildman–Crippen LogP) is 5.46. The van der Waals surface area contributed by atoms with Gasteiger partial charge in [-0.25, -0.2) is 0 Å². The van der Waals surface area contributed by atoms with Crippen molar-refractivity contribution in [3.05, 3.63) is 52.8 Å². The smallest absolute Gasteiger partial charge is 0.0593 e. The molecule has 0 unspecified atom stereocenters. The molecule has 5 aliphatic rings. The molecule has 4 saturated carbocycles. The molecule has 1 nitrogen and oxygen atoms in total. The zero-order valence-electron chi connectivity index (χ0n) is 13.1. The second-order valence-electron chi connectivity index (χ2n) is 8.26. The highest BCUT2D eigenvalue weighted by atomic mass is 35.5.